The first kappa shape index (κ1) is 34.1. The number of carbonyl (C=O) groups excluding carboxylic acids is 1. The van der Waals surface area contributed by atoms with Gasteiger partial charge in [0.05, 0.1) is 21.8 Å². The molecule has 1 aliphatic carbocycles. The molecule has 2 amide bonds. The number of hydrogen-bond acceptors (Lipinski definition) is 6. The molecule has 9 nitrogen and oxygen atoms in total. The summed E-state index contributed by atoms with van der Waals surface area (Å²) in [5.74, 6) is 1.12. The van der Waals surface area contributed by atoms with Crippen LogP contribution in [-0.2, 0) is 10.4 Å². The predicted molar refractivity (Wildman–Crippen MR) is 182 cm³/mol. The van der Waals surface area contributed by atoms with E-state index >= 15 is 0 Å². The van der Waals surface area contributed by atoms with E-state index in [1.54, 1.807) is 6.07 Å². The Labute approximate surface area is 277 Å². The van der Waals surface area contributed by atoms with E-state index in [1.165, 1.54) is 0 Å². The SMILES string of the molecule is CNC[C@H]1CC[C@H](C(=O)N2CCC[C@@H]([C@@](O)(CCCNC(=O)O)c3cccc(Cl)c3-c3nc(C(C)C)c4ccccc4n3)C2)CC1. The van der Waals surface area contributed by atoms with Crippen LogP contribution in [0.15, 0.2) is 42.5 Å². The number of amides is 2. The number of aromatic nitrogens is 2. The van der Waals surface area contributed by atoms with E-state index in [9.17, 15) is 19.8 Å². The summed E-state index contributed by atoms with van der Waals surface area (Å²) in [4.78, 5) is 37.0. The van der Waals surface area contributed by atoms with Crippen molar-refractivity contribution in [2.24, 2.45) is 17.8 Å². The number of piperidine rings is 1. The zero-order valence-electron chi connectivity index (χ0n) is 27.3. The van der Waals surface area contributed by atoms with E-state index in [4.69, 9.17) is 21.6 Å². The van der Waals surface area contributed by atoms with Crippen molar-refractivity contribution in [2.75, 3.05) is 33.2 Å². The highest BCUT2D eigenvalue weighted by Crippen LogP contribution is 2.46. The normalized spacial score (nSPS) is 21.7. The molecule has 4 N–H and O–H groups in total. The van der Waals surface area contributed by atoms with Gasteiger partial charge < -0.3 is 25.7 Å². The molecule has 3 aromatic rings. The summed E-state index contributed by atoms with van der Waals surface area (Å²) in [5.41, 5.74) is 1.50. The minimum Gasteiger partial charge on any atom is -0.465 e. The van der Waals surface area contributed by atoms with Crippen molar-refractivity contribution in [3.63, 3.8) is 0 Å². The maximum absolute atomic E-state index is 13.8. The van der Waals surface area contributed by atoms with Crippen LogP contribution in [0.25, 0.3) is 22.3 Å². The standard InChI is InChI=1S/C36H48ClN5O4/c1-23(2)32-27-10-4-5-13-30(27)40-33(41-32)31-28(11-6-12-29(31)37)36(46,18-8-19-39-35(44)45)26-9-7-20-42(22-26)34(43)25-16-14-24(15-17-25)21-38-3/h4-6,10-13,23-26,38-39,46H,7-9,14-22H2,1-3H3,(H,44,45)/t24-,25-,26-,36+/m1/s1. The molecular weight excluding hydrogens is 602 g/mol. The van der Waals surface area contributed by atoms with Gasteiger partial charge in [0.25, 0.3) is 0 Å². The Morgan fingerprint density at radius 3 is 2.54 bits per heavy atom. The van der Waals surface area contributed by atoms with Gasteiger partial charge in [0.15, 0.2) is 5.82 Å². The van der Waals surface area contributed by atoms with Crippen LogP contribution < -0.4 is 10.6 Å². The van der Waals surface area contributed by atoms with Crippen LogP contribution in [0.2, 0.25) is 5.02 Å². The monoisotopic (exact) mass is 649 g/mol. The van der Waals surface area contributed by atoms with Crippen LogP contribution in [0.1, 0.15) is 82.4 Å². The number of aliphatic hydroxyl groups is 1. The Morgan fingerprint density at radius 1 is 1.07 bits per heavy atom. The van der Waals surface area contributed by atoms with Crippen LogP contribution in [0.3, 0.4) is 0 Å². The van der Waals surface area contributed by atoms with Crippen molar-refractivity contribution in [3.8, 4) is 11.4 Å². The molecule has 1 aromatic heterocycles. The molecule has 2 atom stereocenters. The molecule has 1 saturated heterocycles. The Balaban J connectivity index is 1.51. The molecule has 46 heavy (non-hydrogen) atoms. The number of nitrogens with zero attached hydrogens (tertiary/aromatic N) is 3. The van der Waals surface area contributed by atoms with E-state index < -0.39 is 11.7 Å². The summed E-state index contributed by atoms with van der Waals surface area (Å²) in [7, 11) is 1.98. The third-order valence-corrected chi connectivity index (χ3v) is 10.3. The Bertz CT molecular complexity index is 1530. The first-order chi connectivity index (χ1) is 22.1. The summed E-state index contributed by atoms with van der Waals surface area (Å²) in [6.07, 6.45) is 4.98. The van der Waals surface area contributed by atoms with Gasteiger partial charge in [0.2, 0.25) is 5.91 Å². The second-order valence-corrected chi connectivity index (χ2v) is 13.8. The molecule has 2 aliphatic rings. The summed E-state index contributed by atoms with van der Waals surface area (Å²) in [6, 6.07) is 13.4. The van der Waals surface area contributed by atoms with E-state index in [0.717, 1.165) is 61.7 Å². The molecule has 0 unspecified atom stereocenters. The maximum atomic E-state index is 13.8. The summed E-state index contributed by atoms with van der Waals surface area (Å²) in [6.45, 7) is 6.48. The van der Waals surface area contributed by atoms with Gasteiger partial charge in [0.1, 0.15) is 0 Å². The second-order valence-electron chi connectivity index (χ2n) is 13.4. The molecule has 0 spiro atoms. The zero-order valence-corrected chi connectivity index (χ0v) is 28.0. The average molecular weight is 650 g/mol. The number of carbonyl (C=O) groups is 2. The van der Waals surface area contributed by atoms with E-state index in [-0.39, 0.29) is 36.6 Å². The van der Waals surface area contributed by atoms with Gasteiger partial charge in [-0.3, -0.25) is 4.79 Å². The van der Waals surface area contributed by atoms with Gasteiger partial charge in [-0.25, -0.2) is 14.8 Å². The van der Waals surface area contributed by atoms with Gasteiger partial charge >= 0.3 is 6.09 Å². The molecule has 2 heterocycles. The van der Waals surface area contributed by atoms with Crippen molar-refractivity contribution in [1.82, 2.24) is 25.5 Å². The molecular formula is C36H48ClN5O4. The van der Waals surface area contributed by atoms with Crippen molar-refractivity contribution in [3.05, 3.63) is 58.7 Å². The van der Waals surface area contributed by atoms with Crippen molar-refractivity contribution in [1.29, 1.82) is 0 Å². The molecule has 5 rings (SSSR count). The topological polar surface area (TPSA) is 128 Å². The third kappa shape index (κ3) is 7.48. The van der Waals surface area contributed by atoms with Crippen LogP contribution in [0.5, 0.6) is 0 Å². The average Bonchev–Trinajstić information content (AvgIpc) is 3.06. The Morgan fingerprint density at radius 2 is 1.83 bits per heavy atom. The first-order valence-corrected chi connectivity index (χ1v) is 17.2. The van der Waals surface area contributed by atoms with Crippen LogP contribution in [-0.4, -0.2) is 70.3 Å². The molecule has 2 aromatic carbocycles. The predicted octanol–water partition coefficient (Wildman–Crippen LogP) is 6.57. The molecule has 2 fully saturated rings. The molecule has 0 radical (unpaired) electrons. The molecule has 1 aliphatic heterocycles. The highest BCUT2D eigenvalue weighted by atomic mass is 35.5. The van der Waals surface area contributed by atoms with Crippen molar-refractivity contribution < 1.29 is 19.8 Å². The largest absolute Gasteiger partial charge is 0.465 e. The lowest BCUT2D eigenvalue weighted by Gasteiger charge is -2.44. The highest BCUT2D eigenvalue weighted by Gasteiger charge is 2.44. The fourth-order valence-corrected chi connectivity index (χ4v) is 7.86. The molecule has 1 saturated carbocycles. The highest BCUT2D eigenvalue weighted by molar-refractivity contribution is 6.33. The van der Waals surface area contributed by atoms with Crippen molar-refractivity contribution >= 4 is 34.5 Å². The summed E-state index contributed by atoms with van der Waals surface area (Å²) >= 11 is 6.96. The minimum atomic E-state index is -1.41. The van der Waals surface area contributed by atoms with Crippen LogP contribution in [0.4, 0.5) is 4.79 Å². The molecule has 248 valence electrons. The van der Waals surface area contributed by atoms with Crippen molar-refractivity contribution in [2.45, 2.75) is 76.7 Å². The summed E-state index contributed by atoms with van der Waals surface area (Å²) in [5, 5.41) is 29.2. The fourth-order valence-electron chi connectivity index (χ4n) is 7.60. The lowest BCUT2D eigenvalue weighted by atomic mass is 9.72. The lowest BCUT2D eigenvalue weighted by Crippen LogP contribution is -2.50. The van der Waals surface area contributed by atoms with Gasteiger partial charge in [-0.1, -0.05) is 55.8 Å². The van der Waals surface area contributed by atoms with Crippen LogP contribution in [0, 0.1) is 17.8 Å². The number of nitrogens with one attached hydrogen (secondary N) is 2. The molecule has 0 bridgehead atoms. The number of para-hydroxylation sites is 1. The minimum absolute atomic E-state index is 0.0156. The fraction of sp³-hybridized carbons (Fsp3) is 0.556. The summed E-state index contributed by atoms with van der Waals surface area (Å²) < 4.78 is 0. The number of benzene rings is 2. The van der Waals surface area contributed by atoms with Crippen LogP contribution >= 0.6 is 11.6 Å². The van der Waals surface area contributed by atoms with Gasteiger partial charge in [0, 0.05) is 42.4 Å². The lowest BCUT2D eigenvalue weighted by molar-refractivity contribution is -0.142. The Hall–Kier alpha value is -3.27. The number of fused-ring (bicyclic) bond motifs is 1. The van der Waals surface area contributed by atoms with Gasteiger partial charge in [-0.15, -0.1) is 0 Å². The number of halogens is 1. The first-order valence-electron chi connectivity index (χ1n) is 16.8. The molecule has 10 heteroatoms. The maximum Gasteiger partial charge on any atom is 0.404 e. The van der Waals surface area contributed by atoms with E-state index in [0.29, 0.717) is 47.4 Å². The number of hydrogen-bond donors (Lipinski definition) is 4. The van der Waals surface area contributed by atoms with Gasteiger partial charge in [-0.05, 0) is 94.5 Å². The van der Waals surface area contributed by atoms with E-state index in [2.05, 4.69) is 24.5 Å². The smallest absolute Gasteiger partial charge is 0.404 e. The number of likely N-dealkylation sites (tertiary alicyclic amines) is 1. The number of rotatable bonds is 11. The second kappa shape index (κ2) is 15.1. The third-order valence-electron chi connectivity index (χ3n) is 9.99. The van der Waals surface area contributed by atoms with Gasteiger partial charge in [-0.2, -0.15) is 0 Å². The zero-order chi connectivity index (χ0) is 32.8. The van der Waals surface area contributed by atoms with E-state index in [1.807, 2.05) is 48.3 Å². The Kier molecular flexibility index (Phi) is 11.2. The quantitative estimate of drug-likeness (QED) is 0.173. The number of carboxylic acid groups (broad SMARTS) is 1.